The second kappa shape index (κ2) is 10.0. The first kappa shape index (κ1) is 24.3. The standard InChI is InChI=1S/C25H31F3N2O2/c1-4-23(31)30-22-10-11-24(29-15-22,20-8-6-5-7-9-20)16-32-18(3)19-12-17(2)13-21(14-19)25(26,27)28/h5-9,12-14,18,22,29H,4,10-11,15-16H2,1-3H3,(H,30,31)/t18-,22+,24-/m1/s1. The Morgan fingerprint density at radius 1 is 1.25 bits per heavy atom. The van der Waals surface area contributed by atoms with Crippen molar-refractivity contribution in [2.45, 2.75) is 63.9 Å². The van der Waals surface area contributed by atoms with Crippen LogP contribution in [0.25, 0.3) is 0 Å². The topological polar surface area (TPSA) is 50.4 Å². The lowest BCUT2D eigenvalue weighted by Crippen LogP contribution is -2.57. The predicted molar refractivity (Wildman–Crippen MR) is 118 cm³/mol. The molecule has 3 rings (SSSR count). The van der Waals surface area contributed by atoms with Crippen LogP contribution >= 0.6 is 0 Å². The van der Waals surface area contributed by atoms with E-state index in [0.29, 0.717) is 30.7 Å². The Balaban J connectivity index is 1.76. The fourth-order valence-corrected chi connectivity index (χ4v) is 4.17. The van der Waals surface area contributed by atoms with E-state index in [1.165, 1.54) is 0 Å². The molecule has 1 amide bonds. The van der Waals surface area contributed by atoms with Gasteiger partial charge >= 0.3 is 6.18 Å². The summed E-state index contributed by atoms with van der Waals surface area (Å²) in [6, 6.07) is 14.0. The van der Waals surface area contributed by atoms with Crippen molar-refractivity contribution in [3.05, 3.63) is 70.8 Å². The largest absolute Gasteiger partial charge is 0.416 e. The van der Waals surface area contributed by atoms with Crippen molar-refractivity contribution in [2.75, 3.05) is 13.2 Å². The highest BCUT2D eigenvalue weighted by atomic mass is 19.4. The zero-order valence-corrected chi connectivity index (χ0v) is 18.8. The molecule has 0 bridgehead atoms. The number of amides is 1. The number of alkyl halides is 3. The van der Waals surface area contributed by atoms with E-state index in [1.807, 2.05) is 37.3 Å². The minimum Gasteiger partial charge on any atom is -0.372 e. The fraction of sp³-hybridized carbons (Fsp3) is 0.480. The van der Waals surface area contributed by atoms with Crippen molar-refractivity contribution in [1.82, 2.24) is 10.6 Å². The minimum absolute atomic E-state index is 0.0220. The normalized spacial score (nSPS) is 22.4. The van der Waals surface area contributed by atoms with Crippen molar-refractivity contribution in [2.24, 2.45) is 0 Å². The second-order valence-electron chi connectivity index (χ2n) is 8.57. The monoisotopic (exact) mass is 448 g/mol. The zero-order valence-electron chi connectivity index (χ0n) is 18.8. The molecule has 0 spiro atoms. The number of carbonyl (C=O) groups excluding carboxylic acids is 1. The molecule has 2 N–H and O–H groups in total. The molecule has 0 saturated carbocycles. The van der Waals surface area contributed by atoms with Gasteiger partial charge in [-0.2, -0.15) is 13.2 Å². The van der Waals surface area contributed by atoms with Crippen molar-refractivity contribution in [1.29, 1.82) is 0 Å². The number of hydrogen-bond acceptors (Lipinski definition) is 3. The highest BCUT2D eigenvalue weighted by molar-refractivity contribution is 5.75. The molecule has 0 aliphatic carbocycles. The van der Waals surface area contributed by atoms with Crippen LogP contribution in [0.15, 0.2) is 48.5 Å². The molecule has 1 saturated heterocycles. The Morgan fingerprint density at radius 2 is 1.97 bits per heavy atom. The van der Waals surface area contributed by atoms with E-state index in [9.17, 15) is 18.0 Å². The molecule has 2 aromatic carbocycles. The Kier molecular flexibility index (Phi) is 7.62. The van der Waals surface area contributed by atoms with Gasteiger partial charge < -0.3 is 15.4 Å². The summed E-state index contributed by atoms with van der Waals surface area (Å²) in [5.74, 6) is 0.0220. The molecule has 32 heavy (non-hydrogen) atoms. The summed E-state index contributed by atoms with van der Waals surface area (Å²) in [7, 11) is 0. The maximum Gasteiger partial charge on any atom is 0.416 e. The Bertz CT molecular complexity index is 907. The zero-order chi connectivity index (χ0) is 23.4. The average molecular weight is 449 g/mol. The van der Waals surface area contributed by atoms with Gasteiger partial charge in [-0.25, -0.2) is 0 Å². The number of carbonyl (C=O) groups is 1. The highest BCUT2D eigenvalue weighted by Crippen LogP contribution is 2.35. The third-order valence-electron chi connectivity index (χ3n) is 6.10. The third kappa shape index (κ3) is 5.90. The number of aryl methyl sites for hydroxylation is 1. The number of piperidine rings is 1. The molecular weight excluding hydrogens is 417 g/mol. The third-order valence-corrected chi connectivity index (χ3v) is 6.10. The Hall–Kier alpha value is -2.38. The summed E-state index contributed by atoms with van der Waals surface area (Å²) in [5, 5.41) is 6.59. The lowest BCUT2D eigenvalue weighted by molar-refractivity contribution is -0.137. The number of rotatable bonds is 7. The summed E-state index contributed by atoms with van der Waals surface area (Å²) >= 11 is 0. The van der Waals surface area contributed by atoms with Crippen molar-refractivity contribution < 1.29 is 22.7 Å². The number of nitrogens with one attached hydrogen (secondary N) is 2. The molecule has 174 valence electrons. The Labute approximate surface area is 187 Å². The summed E-state index contributed by atoms with van der Waals surface area (Å²) in [5.41, 5.74) is 0.983. The highest BCUT2D eigenvalue weighted by Gasteiger charge is 2.38. The lowest BCUT2D eigenvalue weighted by Gasteiger charge is -2.42. The molecule has 0 radical (unpaired) electrons. The molecule has 0 aromatic heterocycles. The molecule has 0 unspecified atom stereocenters. The van der Waals surface area contributed by atoms with Crippen LogP contribution in [0.3, 0.4) is 0 Å². The van der Waals surface area contributed by atoms with E-state index in [4.69, 9.17) is 4.74 Å². The van der Waals surface area contributed by atoms with Crippen molar-refractivity contribution >= 4 is 5.91 Å². The van der Waals surface area contributed by atoms with Crippen LogP contribution in [0.1, 0.15) is 61.5 Å². The van der Waals surface area contributed by atoms with Crippen LogP contribution in [0.5, 0.6) is 0 Å². The van der Waals surface area contributed by atoms with E-state index in [2.05, 4.69) is 10.6 Å². The second-order valence-corrected chi connectivity index (χ2v) is 8.57. The first-order valence-corrected chi connectivity index (χ1v) is 11.0. The van der Waals surface area contributed by atoms with E-state index in [0.717, 1.165) is 30.5 Å². The van der Waals surface area contributed by atoms with E-state index < -0.39 is 23.4 Å². The summed E-state index contributed by atoms with van der Waals surface area (Å²) in [6.45, 7) is 6.17. The molecular formula is C25H31F3N2O2. The summed E-state index contributed by atoms with van der Waals surface area (Å²) in [4.78, 5) is 11.8. The van der Waals surface area contributed by atoms with Gasteiger partial charge in [0.05, 0.1) is 23.8 Å². The predicted octanol–water partition coefficient (Wildman–Crippen LogP) is 5.27. The van der Waals surface area contributed by atoms with E-state index in [-0.39, 0.29) is 11.9 Å². The van der Waals surface area contributed by atoms with Crippen LogP contribution in [-0.2, 0) is 21.2 Å². The van der Waals surface area contributed by atoms with Gasteiger partial charge in [-0.05, 0) is 49.9 Å². The molecule has 1 aliphatic heterocycles. The summed E-state index contributed by atoms with van der Waals surface area (Å²) in [6.07, 6.45) is -2.93. The van der Waals surface area contributed by atoms with Gasteiger partial charge in [0.1, 0.15) is 0 Å². The first-order chi connectivity index (χ1) is 15.1. The van der Waals surface area contributed by atoms with Gasteiger partial charge in [0, 0.05) is 19.0 Å². The first-order valence-electron chi connectivity index (χ1n) is 11.0. The lowest BCUT2D eigenvalue weighted by atomic mass is 9.81. The van der Waals surface area contributed by atoms with Gasteiger partial charge in [-0.15, -0.1) is 0 Å². The molecule has 1 aliphatic rings. The molecule has 1 heterocycles. The van der Waals surface area contributed by atoms with Gasteiger partial charge in [-0.1, -0.05) is 48.9 Å². The number of hydrogen-bond donors (Lipinski definition) is 2. The van der Waals surface area contributed by atoms with E-state index >= 15 is 0 Å². The smallest absolute Gasteiger partial charge is 0.372 e. The number of ether oxygens (including phenoxy) is 1. The fourth-order valence-electron chi connectivity index (χ4n) is 4.17. The molecule has 7 heteroatoms. The molecule has 2 aromatic rings. The minimum atomic E-state index is -4.39. The molecule has 4 nitrogen and oxygen atoms in total. The maximum absolute atomic E-state index is 13.2. The van der Waals surface area contributed by atoms with Crippen LogP contribution in [0.2, 0.25) is 0 Å². The van der Waals surface area contributed by atoms with Gasteiger partial charge in [0.25, 0.3) is 0 Å². The molecule has 1 fully saturated rings. The molecule has 3 atom stereocenters. The maximum atomic E-state index is 13.2. The van der Waals surface area contributed by atoms with Gasteiger partial charge in [0.2, 0.25) is 5.91 Å². The number of benzene rings is 2. The van der Waals surface area contributed by atoms with Crippen LogP contribution in [0.4, 0.5) is 13.2 Å². The van der Waals surface area contributed by atoms with Crippen LogP contribution < -0.4 is 10.6 Å². The van der Waals surface area contributed by atoms with Crippen LogP contribution in [-0.4, -0.2) is 25.1 Å². The quantitative estimate of drug-likeness (QED) is 0.607. The number of halogens is 3. The SMILES string of the molecule is CCC(=O)N[C@H]1CC[C@@](CO[C@H](C)c2cc(C)cc(C(F)(F)F)c2)(c2ccccc2)NC1. The summed E-state index contributed by atoms with van der Waals surface area (Å²) < 4.78 is 45.9. The Morgan fingerprint density at radius 3 is 2.56 bits per heavy atom. The average Bonchev–Trinajstić information content (AvgIpc) is 2.78. The van der Waals surface area contributed by atoms with E-state index in [1.54, 1.807) is 19.9 Å². The van der Waals surface area contributed by atoms with Crippen molar-refractivity contribution in [3.63, 3.8) is 0 Å². The van der Waals surface area contributed by atoms with Gasteiger partial charge in [-0.3, -0.25) is 4.79 Å². The van der Waals surface area contributed by atoms with Crippen LogP contribution in [0, 0.1) is 6.92 Å². The van der Waals surface area contributed by atoms with Gasteiger partial charge in [0.15, 0.2) is 0 Å². The van der Waals surface area contributed by atoms with Crippen molar-refractivity contribution in [3.8, 4) is 0 Å².